The second-order valence-electron chi connectivity index (χ2n) is 4.20. The summed E-state index contributed by atoms with van der Waals surface area (Å²) in [6.07, 6.45) is 5.14. The first kappa shape index (κ1) is 14.6. The van der Waals surface area contributed by atoms with E-state index >= 15 is 0 Å². The van der Waals surface area contributed by atoms with Gasteiger partial charge in [-0.1, -0.05) is 6.92 Å². The maximum atomic E-state index is 11.6. The number of oxazole rings is 1. The topological polar surface area (TPSA) is 122 Å². The Morgan fingerprint density at radius 1 is 1.43 bits per heavy atom. The van der Waals surface area contributed by atoms with Crippen LogP contribution in [0.15, 0.2) is 23.0 Å². The first-order valence-corrected chi connectivity index (χ1v) is 6.29. The van der Waals surface area contributed by atoms with Crippen molar-refractivity contribution in [3.63, 3.8) is 0 Å². The molecule has 21 heavy (non-hydrogen) atoms. The summed E-state index contributed by atoms with van der Waals surface area (Å²) in [4.78, 5) is 26.2. The SMILES string of the molecule is CCc1cnc(CNC(=O)Nc2cnn(CC(=O)O)c2)o1. The summed E-state index contributed by atoms with van der Waals surface area (Å²) in [5.41, 5.74) is 0.399. The number of nitrogens with one attached hydrogen (secondary N) is 2. The van der Waals surface area contributed by atoms with E-state index in [-0.39, 0.29) is 13.1 Å². The van der Waals surface area contributed by atoms with Crippen molar-refractivity contribution < 1.29 is 19.1 Å². The lowest BCUT2D eigenvalue weighted by atomic mass is 10.4. The van der Waals surface area contributed by atoms with Gasteiger partial charge >= 0.3 is 12.0 Å². The first-order valence-electron chi connectivity index (χ1n) is 6.29. The van der Waals surface area contributed by atoms with Crippen LogP contribution in [0.1, 0.15) is 18.6 Å². The molecule has 0 aliphatic heterocycles. The Morgan fingerprint density at radius 3 is 2.90 bits per heavy atom. The van der Waals surface area contributed by atoms with E-state index in [9.17, 15) is 9.59 Å². The quantitative estimate of drug-likeness (QED) is 0.725. The molecule has 0 bridgehead atoms. The predicted octanol–water partition coefficient (Wildman–Crippen LogP) is 0.840. The zero-order chi connectivity index (χ0) is 15.2. The van der Waals surface area contributed by atoms with E-state index in [0.717, 1.165) is 12.2 Å². The molecule has 9 heteroatoms. The lowest BCUT2D eigenvalue weighted by Crippen LogP contribution is -2.28. The largest absolute Gasteiger partial charge is 0.480 e. The average Bonchev–Trinajstić information content (AvgIpc) is 3.05. The van der Waals surface area contributed by atoms with Crippen LogP contribution in [0.4, 0.5) is 10.5 Å². The van der Waals surface area contributed by atoms with Gasteiger partial charge < -0.3 is 20.2 Å². The molecule has 2 rings (SSSR count). The number of carbonyl (C=O) groups is 2. The number of carbonyl (C=O) groups excluding carboxylic acids is 1. The van der Waals surface area contributed by atoms with Crippen LogP contribution < -0.4 is 10.6 Å². The molecule has 0 aliphatic rings. The standard InChI is InChI=1S/C12H15N5O4/c1-2-9-4-13-10(21-9)5-14-12(20)16-8-3-15-17(6-8)7-11(18)19/h3-4,6H,2,5,7H2,1H3,(H,18,19)(H2,14,16,20). The zero-order valence-electron chi connectivity index (χ0n) is 11.4. The third kappa shape index (κ3) is 4.34. The summed E-state index contributed by atoms with van der Waals surface area (Å²) < 4.78 is 6.55. The predicted molar refractivity (Wildman–Crippen MR) is 71.6 cm³/mol. The summed E-state index contributed by atoms with van der Waals surface area (Å²) in [5.74, 6) is 0.162. The summed E-state index contributed by atoms with van der Waals surface area (Å²) in [7, 11) is 0. The van der Waals surface area contributed by atoms with Crippen molar-refractivity contribution in [3.05, 3.63) is 30.2 Å². The van der Waals surface area contributed by atoms with Crippen molar-refractivity contribution in [2.45, 2.75) is 26.4 Å². The van der Waals surface area contributed by atoms with Crippen LogP contribution in [-0.4, -0.2) is 31.9 Å². The van der Waals surface area contributed by atoms with E-state index in [2.05, 4.69) is 20.7 Å². The molecule has 0 saturated carbocycles. The Morgan fingerprint density at radius 2 is 2.24 bits per heavy atom. The van der Waals surface area contributed by atoms with Gasteiger partial charge in [-0.3, -0.25) is 9.48 Å². The fraction of sp³-hybridized carbons (Fsp3) is 0.333. The molecule has 0 unspecified atom stereocenters. The molecule has 0 fully saturated rings. The maximum absolute atomic E-state index is 11.6. The fourth-order valence-corrected chi connectivity index (χ4v) is 1.58. The molecule has 2 heterocycles. The monoisotopic (exact) mass is 293 g/mol. The van der Waals surface area contributed by atoms with Gasteiger partial charge in [0.2, 0.25) is 5.89 Å². The smallest absolute Gasteiger partial charge is 0.325 e. The number of aliphatic carboxylic acids is 1. The molecule has 0 radical (unpaired) electrons. The third-order valence-electron chi connectivity index (χ3n) is 2.54. The number of rotatable bonds is 6. The van der Waals surface area contributed by atoms with E-state index in [4.69, 9.17) is 9.52 Å². The number of carboxylic acids is 1. The van der Waals surface area contributed by atoms with E-state index in [0.29, 0.717) is 11.6 Å². The Kier molecular flexibility index (Phi) is 4.54. The minimum atomic E-state index is -1.01. The van der Waals surface area contributed by atoms with Gasteiger partial charge in [0.05, 0.1) is 24.6 Å². The van der Waals surface area contributed by atoms with Gasteiger partial charge in [-0.2, -0.15) is 5.10 Å². The minimum Gasteiger partial charge on any atom is -0.480 e. The summed E-state index contributed by atoms with van der Waals surface area (Å²) in [5, 5.41) is 17.5. The van der Waals surface area contributed by atoms with Crippen LogP contribution in [0.3, 0.4) is 0 Å². The van der Waals surface area contributed by atoms with Crippen molar-refractivity contribution >= 4 is 17.7 Å². The fourth-order valence-electron chi connectivity index (χ4n) is 1.58. The molecule has 2 aromatic rings. The highest BCUT2D eigenvalue weighted by Crippen LogP contribution is 2.06. The van der Waals surface area contributed by atoms with E-state index in [1.165, 1.54) is 17.1 Å². The molecular weight excluding hydrogens is 278 g/mol. The number of hydrogen-bond acceptors (Lipinski definition) is 5. The van der Waals surface area contributed by atoms with E-state index in [1.54, 1.807) is 6.20 Å². The van der Waals surface area contributed by atoms with E-state index in [1.807, 2.05) is 6.92 Å². The lowest BCUT2D eigenvalue weighted by Gasteiger charge is -2.03. The molecule has 3 N–H and O–H groups in total. The van der Waals surface area contributed by atoms with Crippen molar-refractivity contribution in [1.29, 1.82) is 0 Å². The molecule has 0 aromatic carbocycles. The number of anilines is 1. The highest BCUT2D eigenvalue weighted by atomic mass is 16.4. The molecular formula is C12H15N5O4. The summed E-state index contributed by atoms with van der Waals surface area (Å²) in [6.45, 7) is 1.84. The highest BCUT2D eigenvalue weighted by Gasteiger charge is 2.08. The van der Waals surface area contributed by atoms with Crippen molar-refractivity contribution in [1.82, 2.24) is 20.1 Å². The van der Waals surface area contributed by atoms with Crippen LogP contribution in [0.5, 0.6) is 0 Å². The number of nitrogens with zero attached hydrogens (tertiary/aromatic N) is 3. The number of hydrogen-bond donors (Lipinski definition) is 3. The third-order valence-corrected chi connectivity index (χ3v) is 2.54. The second kappa shape index (κ2) is 6.55. The van der Waals surface area contributed by atoms with Gasteiger partial charge in [-0.15, -0.1) is 0 Å². The zero-order valence-corrected chi connectivity index (χ0v) is 11.4. The van der Waals surface area contributed by atoms with Gasteiger partial charge in [-0.05, 0) is 0 Å². The number of amides is 2. The summed E-state index contributed by atoms with van der Waals surface area (Å²) in [6, 6.07) is -0.457. The van der Waals surface area contributed by atoms with Gasteiger partial charge in [0.15, 0.2) is 0 Å². The van der Waals surface area contributed by atoms with Gasteiger partial charge in [0.1, 0.15) is 12.3 Å². The highest BCUT2D eigenvalue weighted by molar-refractivity contribution is 5.88. The summed E-state index contributed by atoms with van der Waals surface area (Å²) >= 11 is 0. The minimum absolute atomic E-state index is 0.162. The average molecular weight is 293 g/mol. The normalized spacial score (nSPS) is 10.3. The number of aryl methyl sites for hydroxylation is 1. The lowest BCUT2D eigenvalue weighted by molar-refractivity contribution is -0.137. The van der Waals surface area contributed by atoms with Gasteiger partial charge in [0, 0.05) is 12.6 Å². The van der Waals surface area contributed by atoms with Crippen molar-refractivity contribution in [2.24, 2.45) is 0 Å². The van der Waals surface area contributed by atoms with E-state index < -0.39 is 12.0 Å². The number of carboxylic acid groups (broad SMARTS) is 1. The Hall–Kier alpha value is -2.84. The molecule has 112 valence electrons. The van der Waals surface area contributed by atoms with Gasteiger partial charge in [0.25, 0.3) is 0 Å². The molecule has 2 aromatic heterocycles. The number of aromatic nitrogens is 3. The van der Waals surface area contributed by atoms with Crippen molar-refractivity contribution in [3.8, 4) is 0 Å². The molecule has 2 amide bonds. The molecule has 0 saturated heterocycles. The molecule has 0 atom stereocenters. The van der Waals surface area contributed by atoms with Crippen LogP contribution in [0, 0.1) is 0 Å². The molecule has 9 nitrogen and oxygen atoms in total. The van der Waals surface area contributed by atoms with Crippen LogP contribution in [0.2, 0.25) is 0 Å². The van der Waals surface area contributed by atoms with Crippen LogP contribution in [-0.2, 0) is 24.3 Å². The Bertz CT molecular complexity index is 633. The number of urea groups is 1. The first-order chi connectivity index (χ1) is 10.1. The Labute approximate surface area is 120 Å². The van der Waals surface area contributed by atoms with Gasteiger partial charge in [-0.25, -0.2) is 9.78 Å². The maximum Gasteiger partial charge on any atom is 0.325 e. The van der Waals surface area contributed by atoms with Crippen LogP contribution >= 0.6 is 0 Å². The molecule has 0 aliphatic carbocycles. The molecule has 0 spiro atoms. The van der Waals surface area contributed by atoms with Crippen LogP contribution in [0.25, 0.3) is 0 Å². The van der Waals surface area contributed by atoms with Crippen molar-refractivity contribution in [2.75, 3.05) is 5.32 Å². The Balaban J connectivity index is 1.81. The second-order valence-corrected chi connectivity index (χ2v) is 4.20.